The second kappa shape index (κ2) is 3.49. The van der Waals surface area contributed by atoms with E-state index in [1.54, 1.807) is 0 Å². The van der Waals surface area contributed by atoms with Gasteiger partial charge < -0.3 is 0 Å². The maximum absolute atomic E-state index is 12.3. The Morgan fingerprint density at radius 2 is 1.92 bits per heavy atom. The van der Waals surface area contributed by atoms with Gasteiger partial charge in [0.2, 0.25) is 0 Å². The molecule has 1 aromatic rings. The molecule has 0 saturated heterocycles. The van der Waals surface area contributed by atoms with Crippen molar-refractivity contribution < 1.29 is 18.0 Å². The van der Waals surface area contributed by atoms with Crippen LogP contribution in [0, 0.1) is 0 Å². The number of aldehydes is 1. The zero-order valence-electron chi connectivity index (χ0n) is 6.23. The van der Waals surface area contributed by atoms with Crippen molar-refractivity contribution in [3.05, 3.63) is 33.8 Å². The van der Waals surface area contributed by atoms with E-state index in [0.717, 1.165) is 6.07 Å². The highest BCUT2D eigenvalue weighted by atomic mass is 79.9. The van der Waals surface area contributed by atoms with Gasteiger partial charge in [0.1, 0.15) is 0 Å². The van der Waals surface area contributed by atoms with E-state index in [4.69, 9.17) is 0 Å². The molecule has 1 aromatic carbocycles. The highest BCUT2D eigenvalue weighted by molar-refractivity contribution is 9.10. The Hall–Kier alpha value is -0.840. The molecule has 13 heavy (non-hydrogen) atoms. The molecule has 0 atom stereocenters. The number of halogens is 4. The second-order valence-electron chi connectivity index (χ2n) is 2.32. The van der Waals surface area contributed by atoms with Crippen LogP contribution in [0.1, 0.15) is 15.9 Å². The topological polar surface area (TPSA) is 17.1 Å². The van der Waals surface area contributed by atoms with E-state index in [1.807, 2.05) is 0 Å². The second-order valence-corrected chi connectivity index (χ2v) is 3.17. The van der Waals surface area contributed by atoms with Crippen LogP contribution in [0.4, 0.5) is 13.2 Å². The van der Waals surface area contributed by atoms with Crippen molar-refractivity contribution in [2.45, 2.75) is 6.18 Å². The number of rotatable bonds is 1. The van der Waals surface area contributed by atoms with Crippen LogP contribution in [0.2, 0.25) is 0 Å². The van der Waals surface area contributed by atoms with E-state index in [-0.39, 0.29) is 16.3 Å². The molecule has 0 spiro atoms. The van der Waals surface area contributed by atoms with Crippen molar-refractivity contribution in [1.82, 2.24) is 0 Å². The Morgan fingerprint density at radius 3 is 2.31 bits per heavy atom. The Balaban J connectivity index is 3.40. The van der Waals surface area contributed by atoms with E-state index in [2.05, 4.69) is 15.9 Å². The fraction of sp³-hybridized carbons (Fsp3) is 0.125. The minimum absolute atomic E-state index is 0.121. The standard InChI is InChI=1S/C8H4BrF3O/c9-6-3-1-2-5(4-13)7(6)8(10,11)12/h1-4H. The summed E-state index contributed by atoms with van der Waals surface area (Å²) >= 11 is 2.74. The van der Waals surface area contributed by atoms with E-state index in [9.17, 15) is 18.0 Å². The molecule has 0 fully saturated rings. The number of carbonyl (C=O) groups is 1. The minimum atomic E-state index is -4.50. The molecule has 1 rings (SSSR count). The molecule has 1 nitrogen and oxygen atoms in total. The summed E-state index contributed by atoms with van der Waals surface area (Å²) in [4.78, 5) is 10.3. The Kier molecular flexibility index (Phi) is 2.75. The average molecular weight is 253 g/mol. The van der Waals surface area contributed by atoms with Crippen molar-refractivity contribution in [2.75, 3.05) is 0 Å². The van der Waals surface area contributed by atoms with Crippen LogP contribution in [0.25, 0.3) is 0 Å². The van der Waals surface area contributed by atoms with Crippen LogP contribution in [-0.4, -0.2) is 6.29 Å². The maximum atomic E-state index is 12.3. The maximum Gasteiger partial charge on any atom is 0.418 e. The van der Waals surface area contributed by atoms with Gasteiger partial charge in [0, 0.05) is 10.0 Å². The van der Waals surface area contributed by atoms with Gasteiger partial charge in [-0.2, -0.15) is 13.2 Å². The van der Waals surface area contributed by atoms with E-state index in [1.165, 1.54) is 12.1 Å². The molecule has 0 aliphatic rings. The number of hydrogen-bond acceptors (Lipinski definition) is 1. The number of hydrogen-bond donors (Lipinski definition) is 0. The van der Waals surface area contributed by atoms with Crippen molar-refractivity contribution in [1.29, 1.82) is 0 Å². The zero-order valence-corrected chi connectivity index (χ0v) is 7.82. The predicted octanol–water partition coefficient (Wildman–Crippen LogP) is 3.28. The third-order valence-electron chi connectivity index (χ3n) is 1.46. The van der Waals surface area contributed by atoms with Crippen molar-refractivity contribution in [3.63, 3.8) is 0 Å². The molecule has 0 aliphatic carbocycles. The summed E-state index contributed by atoms with van der Waals surface area (Å²) in [5.74, 6) is 0. The van der Waals surface area contributed by atoms with Crippen molar-refractivity contribution >= 4 is 22.2 Å². The summed E-state index contributed by atoms with van der Waals surface area (Å²) in [6.07, 6.45) is -4.32. The summed E-state index contributed by atoms with van der Waals surface area (Å²) in [6.45, 7) is 0. The molecule has 0 saturated carbocycles. The third kappa shape index (κ3) is 2.09. The first-order valence-electron chi connectivity index (χ1n) is 3.27. The van der Waals surface area contributed by atoms with Crippen LogP contribution >= 0.6 is 15.9 Å². The van der Waals surface area contributed by atoms with Crippen molar-refractivity contribution in [2.24, 2.45) is 0 Å². The summed E-state index contributed by atoms with van der Waals surface area (Å²) in [7, 11) is 0. The summed E-state index contributed by atoms with van der Waals surface area (Å²) in [5.41, 5.74) is -1.29. The largest absolute Gasteiger partial charge is 0.418 e. The normalized spacial score (nSPS) is 11.4. The summed E-state index contributed by atoms with van der Waals surface area (Å²) < 4.78 is 36.8. The van der Waals surface area contributed by atoms with Gasteiger partial charge in [-0.1, -0.05) is 28.1 Å². The van der Waals surface area contributed by atoms with Gasteiger partial charge in [-0.3, -0.25) is 4.79 Å². The van der Waals surface area contributed by atoms with Gasteiger partial charge in [-0.05, 0) is 6.07 Å². The van der Waals surface area contributed by atoms with Crippen molar-refractivity contribution in [3.8, 4) is 0 Å². The first-order chi connectivity index (χ1) is 5.96. The van der Waals surface area contributed by atoms with Gasteiger partial charge in [0.05, 0.1) is 5.56 Å². The average Bonchev–Trinajstić information content (AvgIpc) is 2.01. The van der Waals surface area contributed by atoms with Gasteiger partial charge in [-0.25, -0.2) is 0 Å². The zero-order chi connectivity index (χ0) is 10.1. The van der Waals surface area contributed by atoms with E-state index >= 15 is 0 Å². The lowest BCUT2D eigenvalue weighted by atomic mass is 10.1. The molecule has 0 amide bonds. The highest BCUT2D eigenvalue weighted by Crippen LogP contribution is 2.36. The first-order valence-corrected chi connectivity index (χ1v) is 4.07. The van der Waals surface area contributed by atoms with E-state index < -0.39 is 11.7 Å². The Labute approximate surface area is 80.7 Å². The molecular formula is C8H4BrF3O. The monoisotopic (exact) mass is 252 g/mol. The van der Waals surface area contributed by atoms with Gasteiger partial charge in [0.15, 0.2) is 6.29 Å². The Bertz CT molecular complexity index is 333. The first kappa shape index (κ1) is 10.2. The van der Waals surface area contributed by atoms with Gasteiger partial charge >= 0.3 is 6.18 Å². The molecule has 0 unspecified atom stereocenters. The molecule has 0 heterocycles. The quantitative estimate of drug-likeness (QED) is 0.702. The van der Waals surface area contributed by atoms with Crippen LogP contribution in [-0.2, 0) is 6.18 Å². The smallest absolute Gasteiger partial charge is 0.298 e. The SMILES string of the molecule is O=Cc1cccc(Br)c1C(F)(F)F. The molecule has 0 N–H and O–H groups in total. The fourth-order valence-corrected chi connectivity index (χ4v) is 1.54. The number of carbonyl (C=O) groups excluding carboxylic acids is 1. The third-order valence-corrected chi connectivity index (χ3v) is 2.12. The minimum Gasteiger partial charge on any atom is -0.298 e. The Morgan fingerprint density at radius 1 is 1.31 bits per heavy atom. The van der Waals surface area contributed by atoms with Crippen LogP contribution in [0.5, 0.6) is 0 Å². The van der Waals surface area contributed by atoms with Crippen LogP contribution in [0.15, 0.2) is 22.7 Å². The van der Waals surface area contributed by atoms with Gasteiger partial charge in [-0.15, -0.1) is 0 Å². The molecule has 0 bridgehead atoms. The van der Waals surface area contributed by atoms with Crippen LogP contribution in [0.3, 0.4) is 0 Å². The fourth-order valence-electron chi connectivity index (χ4n) is 0.938. The molecule has 0 aliphatic heterocycles. The lowest BCUT2D eigenvalue weighted by Gasteiger charge is -2.10. The summed E-state index contributed by atoms with van der Waals surface area (Å²) in [5, 5.41) is 0. The van der Waals surface area contributed by atoms with Crippen LogP contribution < -0.4 is 0 Å². The molecular weight excluding hydrogens is 249 g/mol. The highest BCUT2D eigenvalue weighted by Gasteiger charge is 2.35. The molecule has 0 aromatic heterocycles. The molecule has 5 heteroatoms. The summed E-state index contributed by atoms with van der Waals surface area (Å²) in [6, 6.07) is 3.75. The molecule has 0 radical (unpaired) electrons. The lowest BCUT2D eigenvalue weighted by Crippen LogP contribution is -2.09. The lowest BCUT2D eigenvalue weighted by molar-refractivity contribution is -0.138. The number of benzene rings is 1. The van der Waals surface area contributed by atoms with Gasteiger partial charge in [0.25, 0.3) is 0 Å². The molecule has 70 valence electrons. The van der Waals surface area contributed by atoms with E-state index in [0.29, 0.717) is 0 Å². The predicted molar refractivity (Wildman–Crippen MR) is 44.5 cm³/mol. The number of alkyl halides is 3.